The van der Waals surface area contributed by atoms with Crippen LogP contribution in [0.1, 0.15) is 18.1 Å². The monoisotopic (exact) mass is 438 g/mol. The molecule has 3 aromatic carbocycles. The molecule has 1 amide bonds. The highest BCUT2D eigenvalue weighted by molar-refractivity contribution is 7.92. The van der Waals surface area contributed by atoms with Crippen LogP contribution in [-0.4, -0.2) is 27.5 Å². The Balaban J connectivity index is 1.92. The Kier molecular flexibility index (Phi) is 6.97. The van der Waals surface area contributed by atoms with E-state index in [1.54, 1.807) is 42.5 Å². The van der Waals surface area contributed by atoms with Gasteiger partial charge in [-0.25, -0.2) is 8.42 Å². The number of anilines is 2. The largest absolute Gasteiger partial charge is 0.494 e. The summed E-state index contributed by atoms with van der Waals surface area (Å²) >= 11 is 0. The molecular weight excluding hydrogens is 412 g/mol. The highest BCUT2D eigenvalue weighted by Crippen LogP contribution is 2.26. The third-order valence-electron chi connectivity index (χ3n) is 4.56. The Hall–Kier alpha value is -3.32. The molecule has 0 atom stereocenters. The molecule has 0 spiro atoms. The molecule has 0 bridgehead atoms. The molecular formula is C24H26N2O4S. The van der Waals surface area contributed by atoms with Crippen molar-refractivity contribution in [2.24, 2.45) is 0 Å². The second-order valence-corrected chi connectivity index (χ2v) is 9.04. The number of aryl methyl sites for hydroxylation is 2. The van der Waals surface area contributed by atoms with E-state index >= 15 is 0 Å². The fourth-order valence-electron chi connectivity index (χ4n) is 3.29. The van der Waals surface area contributed by atoms with Crippen LogP contribution in [0.25, 0.3) is 0 Å². The summed E-state index contributed by atoms with van der Waals surface area (Å²) in [5, 5.41) is 2.81. The van der Waals surface area contributed by atoms with Gasteiger partial charge in [-0.3, -0.25) is 9.10 Å². The summed E-state index contributed by atoms with van der Waals surface area (Å²) in [6.45, 7) is 5.89. The number of amides is 1. The third-order valence-corrected chi connectivity index (χ3v) is 6.35. The first-order valence-electron chi connectivity index (χ1n) is 9.98. The summed E-state index contributed by atoms with van der Waals surface area (Å²) < 4.78 is 33.3. The zero-order valence-electron chi connectivity index (χ0n) is 17.8. The average Bonchev–Trinajstić information content (AvgIpc) is 2.73. The Morgan fingerprint density at radius 1 is 0.935 bits per heavy atom. The van der Waals surface area contributed by atoms with Crippen molar-refractivity contribution >= 4 is 27.3 Å². The van der Waals surface area contributed by atoms with Gasteiger partial charge in [0.1, 0.15) is 12.3 Å². The molecule has 31 heavy (non-hydrogen) atoms. The van der Waals surface area contributed by atoms with E-state index in [0.29, 0.717) is 23.7 Å². The van der Waals surface area contributed by atoms with Crippen molar-refractivity contribution in [3.05, 3.63) is 83.9 Å². The lowest BCUT2D eigenvalue weighted by molar-refractivity contribution is -0.114. The molecule has 162 valence electrons. The lowest BCUT2D eigenvalue weighted by Crippen LogP contribution is -2.38. The van der Waals surface area contributed by atoms with E-state index in [2.05, 4.69) is 5.32 Å². The van der Waals surface area contributed by atoms with Gasteiger partial charge in [0.25, 0.3) is 10.0 Å². The molecule has 1 N–H and O–H groups in total. The molecule has 0 saturated heterocycles. The topological polar surface area (TPSA) is 75.7 Å². The van der Waals surface area contributed by atoms with E-state index in [9.17, 15) is 13.2 Å². The van der Waals surface area contributed by atoms with Crippen molar-refractivity contribution in [1.29, 1.82) is 0 Å². The molecule has 0 heterocycles. The number of ether oxygens (including phenoxy) is 1. The van der Waals surface area contributed by atoms with Crippen LogP contribution in [-0.2, 0) is 14.8 Å². The normalized spacial score (nSPS) is 11.1. The zero-order chi connectivity index (χ0) is 22.4. The summed E-state index contributed by atoms with van der Waals surface area (Å²) in [6, 6.07) is 20.4. The number of nitrogens with one attached hydrogen (secondary N) is 1. The van der Waals surface area contributed by atoms with Gasteiger partial charge >= 0.3 is 0 Å². The van der Waals surface area contributed by atoms with E-state index < -0.39 is 15.9 Å². The van der Waals surface area contributed by atoms with Gasteiger partial charge in [-0.15, -0.1) is 0 Å². The van der Waals surface area contributed by atoms with E-state index in [0.717, 1.165) is 15.4 Å². The molecule has 3 aromatic rings. The van der Waals surface area contributed by atoms with E-state index in [1.165, 1.54) is 12.1 Å². The molecule has 0 unspecified atom stereocenters. The molecule has 3 rings (SSSR count). The second kappa shape index (κ2) is 9.66. The van der Waals surface area contributed by atoms with Crippen molar-refractivity contribution in [2.45, 2.75) is 25.7 Å². The predicted molar refractivity (Wildman–Crippen MR) is 123 cm³/mol. The molecule has 0 fully saturated rings. The standard InChI is InChI=1S/C24H26N2O4S/c1-4-30-22-12-10-21(11-13-22)26(31(28,29)23-8-6-5-7-9-23)17-24(27)25-20-15-18(2)14-19(3)16-20/h5-16H,4,17H2,1-3H3,(H,25,27). The van der Waals surface area contributed by atoms with Crippen molar-refractivity contribution in [2.75, 3.05) is 22.8 Å². The molecule has 0 aliphatic carbocycles. The summed E-state index contributed by atoms with van der Waals surface area (Å²) in [6.07, 6.45) is 0. The molecule has 6 nitrogen and oxygen atoms in total. The second-order valence-electron chi connectivity index (χ2n) is 7.18. The van der Waals surface area contributed by atoms with Crippen LogP contribution in [0, 0.1) is 13.8 Å². The third kappa shape index (κ3) is 5.64. The first kappa shape index (κ1) is 22.4. The van der Waals surface area contributed by atoms with E-state index in [-0.39, 0.29) is 11.4 Å². The maximum absolute atomic E-state index is 13.4. The minimum atomic E-state index is -3.95. The number of rotatable bonds is 8. The highest BCUT2D eigenvalue weighted by atomic mass is 32.2. The van der Waals surface area contributed by atoms with Crippen molar-refractivity contribution < 1.29 is 17.9 Å². The number of carbonyl (C=O) groups excluding carboxylic acids is 1. The van der Waals surface area contributed by atoms with Gasteiger partial charge in [0.15, 0.2) is 0 Å². The SMILES string of the molecule is CCOc1ccc(N(CC(=O)Nc2cc(C)cc(C)c2)S(=O)(=O)c2ccccc2)cc1. The van der Waals surface area contributed by atoms with E-state index in [1.807, 2.05) is 39.0 Å². The minimum absolute atomic E-state index is 0.114. The fraction of sp³-hybridized carbons (Fsp3) is 0.208. The van der Waals surface area contributed by atoms with Crippen molar-refractivity contribution in [1.82, 2.24) is 0 Å². The number of benzene rings is 3. The van der Waals surface area contributed by atoms with Crippen LogP contribution in [0.5, 0.6) is 5.75 Å². The summed E-state index contributed by atoms with van der Waals surface area (Å²) in [7, 11) is -3.95. The summed E-state index contributed by atoms with van der Waals surface area (Å²) in [5.74, 6) is 0.196. The number of nitrogens with zero attached hydrogens (tertiary/aromatic N) is 1. The number of hydrogen-bond acceptors (Lipinski definition) is 4. The van der Waals surface area contributed by atoms with Crippen LogP contribution < -0.4 is 14.4 Å². The van der Waals surface area contributed by atoms with Gasteiger partial charge in [0.2, 0.25) is 5.91 Å². The van der Waals surface area contributed by atoms with Gasteiger partial charge in [-0.1, -0.05) is 24.3 Å². The molecule has 7 heteroatoms. The lowest BCUT2D eigenvalue weighted by atomic mass is 10.1. The Morgan fingerprint density at radius 2 is 1.55 bits per heavy atom. The molecule has 0 saturated carbocycles. The van der Waals surface area contributed by atoms with Gasteiger partial charge in [0, 0.05) is 5.69 Å². The van der Waals surface area contributed by atoms with Crippen LogP contribution >= 0.6 is 0 Å². The first-order chi connectivity index (χ1) is 14.8. The average molecular weight is 439 g/mol. The number of sulfonamides is 1. The smallest absolute Gasteiger partial charge is 0.264 e. The Bertz CT molecular complexity index is 1120. The first-order valence-corrected chi connectivity index (χ1v) is 11.4. The van der Waals surface area contributed by atoms with Gasteiger partial charge in [-0.05, 0) is 80.4 Å². The molecule has 0 aliphatic rings. The van der Waals surface area contributed by atoms with Crippen molar-refractivity contribution in [3.63, 3.8) is 0 Å². The molecule has 0 aromatic heterocycles. The summed E-state index contributed by atoms with van der Waals surface area (Å²) in [4.78, 5) is 12.9. The van der Waals surface area contributed by atoms with Crippen LogP contribution in [0.4, 0.5) is 11.4 Å². The lowest BCUT2D eigenvalue weighted by Gasteiger charge is -2.24. The van der Waals surface area contributed by atoms with Crippen molar-refractivity contribution in [3.8, 4) is 5.75 Å². The van der Waals surface area contributed by atoms with Gasteiger partial charge < -0.3 is 10.1 Å². The van der Waals surface area contributed by atoms with E-state index in [4.69, 9.17) is 4.74 Å². The highest BCUT2D eigenvalue weighted by Gasteiger charge is 2.27. The fourth-order valence-corrected chi connectivity index (χ4v) is 4.73. The number of hydrogen-bond donors (Lipinski definition) is 1. The van der Waals surface area contributed by atoms with Crippen LogP contribution in [0.15, 0.2) is 77.7 Å². The minimum Gasteiger partial charge on any atom is -0.494 e. The molecule has 0 aliphatic heterocycles. The summed E-state index contributed by atoms with van der Waals surface area (Å²) in [5.41, 5.74) is 3.03. The maximum atomic E-state index is 13.4. The Morgan fingerprint density at radius 3 is 2.13 bits per heavy atom. The quantitative estimate of drug-likeness (QED) is 0.560. The van der Waals surface area contributed by atoms with Gasteiger partial charge in [0.05, 0.1) is 17.2 Å². The maximum Gasteiger partial charge on any atom is 0.264 e. The Labute approximate surface area is 183 Å². The van der Waals surface area contributed by atoms with Gasteiger partial charge in [-0.2, -0.15) is 0 Å². The predicted octanol–water partition coefficient (Wildman–Crippen LogP) is 4.54. The van der Waals surface area contributed by atoms with Crippen LogP contribution in [0.2, 0.25) is 0 Å². The zero-order valence-corrected chi connectivity index (χ0v) is 18.6. The van der Waals surface area contributed by atoms with Crippen LogP contribution in [0.3, 0.4) is 0 Å². The molecule has 0 radical (unpaired) electrons. The number of carbonyl (C=O) groups is 1.